The topological polar surface area (TPSA) is 38.7 Å². The lowest BCUT2D eigenvalue weighted by Gasteiger charge is -2.45. The zero-order chi connectivity index (χ0) is 15.5. The highest BCUT2D eigenvalue weighted by Gasteiger charge is 2.46. The van der Waals surface area contributed by atoms with Crippen LogP contribution in [-0.2, 0) is 9.16 Å². The molecule has 3 atom stereocenters. The van der Waals surface area contributed by atoms with Crippen molar-refractivity contribution in [1.82, 2.24) is 0 Å². The highest BCUT2D eigenvalue weighted by molar-refractivity contribution is 6.77. The minimum absolute atomic E-state index is 0.0715. The van der Waals surface area contributed by atoms with E-state index in [0.29, 0.717) is 16.6 Å². The van der Waals surface area contributed by atoms with Crippen LogP contribution in [0, 0.1) is 0 Å². The quantitative estimate of drug-likeness (QED) is 0.746. The van der Waals surface area contributed by atoms with Gasteiger partial charge in [-0.05, 0) is 29.6 Å². The van der Waals surface area contributed by atoms with Gasteiger partial charge in [0.2, 0.25) is 8.32 Å². The van der Waals surface area contributed by atoms with E-state index in [1.165, 1.54) is 0 Å². The Morgan fingerprint density at radius 1 is 1.05 bits per heavy atom. The van der Waals surface area contributed by atoms with Gasteiger partial charge >= 0.3 is 0 Å². The Balaban J connectivity index is 2.91. The van der Waals surface area contributed by atoms with E-state index in [1.807, 2.05) is 6.08 Å². The van der Waals surface area contributed by atoms with Crippen LogP contribution < -0.4 is 0 Å². The molecular formula is C16H32O3Si. The standard InChI is InChI=1S/C16H32O3Si/c1-11(2)20(12(3)4,13(5)6)19-15-8-9-18-16(10-15)14(7)17/h8-9,11-17H,10H2,1-7H3/t14-,15+,16-/m0/s1. The third-order valence-corrected chi connectivity index (χ3v) is 10.7. The SMILES string of the molecule is CC(C)[Si](O[C@@H]1C=CO[C@H]([C@H](C)O)C1)(C(C)C)C(C)C. The minimum atomic E-state index is -1.87. The Hall–Kier alpha value is -0.323. The highest BCUT2D eigenvalue weighted by Crippen LogP contribution is 2.43. The van der Waals surface area contributed by atoms with Crippen molar-refractivity contribution in [1.29, 1.82) is 0 Å². The molecule has 0 aromatic carbocycles. The van der Waals surface area contributed by atoms with Gasteiger partial charge < -0.3 is 14.3 Å². The maximum absolute atomic E-state index is 9.72. The molecule has 1 heterocycles. The Labute approximate surface area is 125 Å². The van der Waals surface area contributed by atoms with Gasteiger partial charge in [0.1, 0.15) is 6.10 Å². The van der Waals surface area contributed by atoms with Crippen LogP contribution in [0.15, 0.2) is 12.3 Å². The monoisotopic (exact) mass is 300 g/mol. The summed E-state index contributed by atoms with van der Waals surface area (Å²) in [5.74, 6) is 0. The van der Waals surface area contributed by atoms with Crippen LogP contribution in [0.3, 0.4) is 0 Å². The molecule has 1 aliphatic heterocycles. The Kier molecular flexibility index (Phi) is 6.29. The van der Waals surface area contributed by atoms with E-state index < -0.39 is 14.4 Å². The minimum Gasteiger partial charge on any atom is -0.495 e. The van der Waals surface area contributed by atoms with Crippen LogP contribution in [0.2, 0.25) is 16.6 Å². The molecule has 0 unspecified atom stereocenters. The summed E-state index contributed by atoms with van der Waals surface area (Å²) in [5.41, 5.74) is 1.72. The fraction of sp³-hybridized carbons (Fsp3) is 0.875. The van der Waals surface area contributed by atoms with Crippen LogP contribution in [0.4, 0.5) is 0 Å². The van der Waals surface area contributed by atoms with E-state index >= 15 is 0 Å². The number of rotatable bonds is 6. The van der Waals surface area contributed by atoms with Gasteiger partial charge in [-0.3, -0.25) is 0 Å². The summed E-state index contributed by atoms with van der Waals surface area (Å²) in [5, 5.41) is 9.72. The summed E-state index contributed by atoms with van der Waals surface area (Å²) in [6.45, 7) is 15.5. The first-order valence-corrected chi connectivity index (χ1v) is 10.0. The van der Waals surface area contributed by atoms with E-state index in [9.17, 15) is 5.11 Å². The van der Waals surface area contributed by atoms with Crippen molar-refractivity contribution in [2.75, 3.05) is 0 Å². The van der Waals surface area contributed by atoms with Crippen molar-refractivity contribution in [2.45, 2.75) is 89.8 Å². The molecule has 0 spiro atoms. The van der Waals surface area contributed by atoms with Crippen molar-refractivity contribution >= 4 is 8.32 Å². The summed E-state index contributed by atoms with van der Waals surface area (Å²) in [4.78, 5) is 0. The Morgan fingerprint density at radius 3 is 1.95 bits per heavy atom. The molecule has 0 aliphatic carbocycles. The third kappa shape index (κ3) is 3.65. The Bertz CT molecular complexity index is 302. The van der Waals surface area contributed by atoms with Crippen molar-refractivity contribution in [2.24, 2.45) is 0 Å². The lowest BCUT2D eigenvalue weighted by atomic mass is 10.1. The smallest absolute Gasteiger partial charge is 0.201 e. The molecule has 20 heavy (non-hydrogen) atoms. The van der Waals surface area contributed by atoms with Crippen molar-refractivity contribution in [3.63, 3.8) is 0 Å². The molecule has 0 bridgehead atoms. The molecule has 3 nitrogen and oxygen atoms in total. The van der Waals surface area contributed by atoms with E-state index in [1.54, 1.807) is 13.2 Å². The number of aliphatic hydroxyl groups is 1. The van der Waals surface area contributed by atoms with Gasteiger partial charge in [0, 0.05) is 6.42 Å². The number of hydrogen-bond acceptors (Lipinski definition) is 3. The van der Waals surface area contributed by atoms with Crippen molar-refractivity contribution in [3.8, 4) is 0 Å². The fourth-order valence-corrected chi connectivity index (χ4v) is 9.18. The molecule has 118 valence electrons. The summed E-state index contributed by atoms with van der Waals surface area (Å²) >= 11 is 0. The van der Waals surface area contributed by atoms with Gasteiger partial charge in [0.15, 0.2) is 0 Å². The van der Waals surface area contributed by atoms with Crippen molar-refractivity contribution in [3.05, 3.63) is 12.3 Å². The zero-order valence-corrected chi connectivity index (χ0v) is 15.1. The fourth-order valence-electron chi connectivity index (χ4n) is 3.67. The zero-order valence-electron chi connectivity index (χ0n) is 14.1. The number of hydrogen-bond donors (Lipinski definition) is 1. The predicted molar refractivity (Wildman–Crippen MR) is 86.2 cm³/mol. The predicted octanol–water partition coefficient (Wildman–Crippen LogP) is 4.23. The second kappa shape index (κ2) is 7.10. The molecule has 4 heteroatoms. The normalized spacial score (nSPS) is 25.4. The summed E-state index contributed by atoms with van der Waals surface area (Å²) in [6, 6.07) is 0. The molecule has 0 saturated heterocycles. The van der Waals surface area contributed by atoms with Gasteiger partial charge in [-0.15, -0.1) is 0 Å². The molecule has 0 fully saturated rings. The van der Waals surface area contributed by atoms with E-state index in [4.69, 9.17) is 9.16 Å². The van der Waals surface area contributed by atoms with E-state index in [0.717, 1.165) is 6.42 Å². The van der Waals surface area contributed by atoms with Gasteiger partial charge in [0.05, 0.1) is 18.5 Å². The average molecular weight is 301 g/mol. The summed E-state index contributed by atoms with van der Waals surface area (Å²) < 4.78 is 12.2. The molecule has 0 radical (unpaired) electrons. The van der Waals surface area contributed by atoms with Gasteiger partial charge in [-0.25, -0.2) is 0 Å². The first-order valence-electron chi connectivity index (χ1n) is 7.89. The first kappa shape index (κ1) is 17.7. The van der Waals surface area contributed by atoms with Crippen LogP contribution in [0.5, 0.6) is 0 Å². The molecule has 1 aliphatic rings. The van der Waals surface area contributed by atoms with Gasteiger partial charge in [-0.1, -0.05) is 41.5 Å². The highest BCUT2D eigenvalue weighted by atomic mass is 28.4. The second-order valence-corrected chi connectivity index (χ2v) is 12.4. The maximum atomic E-state index is 9.72. The second-order valence-electron chi connectivity index (χ2n) is 6.95. The third-order valence-electron chi connectivity index (χ3n) is 4.61. The molecule has 1 N–H and O–H groups in total. The largest absolute Gasteiger partial charge is 0.495 e. The first-order chi connectivity index (χ1) is 9.21. The maximum Gasteiger partial charge on any atom is 0.201 e. The molecular weight excluding hydrogens is 268 g/mol. The summed E-state index contributed by atoms with van der Waals surface area (Å²) in [7, 11) is -1.87. The summed E-state index contributed by atoms with van der Waals surface area (Å²) in [6.07, 6.45) is 3.92. The van der Waals surface area contributed by atoms with Crippen LogP contribution in [0.25, 0.3) is 0 Å². The van der Waals surface area contributed by atoms with E-state index in [2.05, 4.69) is 41.5 Å². The number of ether oxygens (including phenoxy) is 1. The Morgan fingerprint density at radius 2 is 1.55 bits per heavy atom. The molecule has 0 amide bonds. The average Bonchev–Trinajstić information content (AvgIpc) is 2.34. The lowest BCUT2D eigenvalue weighted by molar-refractivity contribution is -0.0154. The van der Waals surface area contributed by atoms with Gasteiger partial charge in [-0.2, -0.15) is 0 Å². The van der Waals surface area contributed by atoms with Crippen LogP contribution >= 0.6 is 0 Å². The molecule has 1 rings (SSSR count). The molecule has 0 saturated carbocycles. The van der Waals surface area contributed by atoms with Crippen LogP contribution in [-0.4, -0.2) is 31.7 Å². The molecule has 0 aromatic heterocycles. The van der Waals surface area contributed by atoms with Crippen LogP contribution in [0.1, 0.15) is 54.9 Å². The van der Waals surface area contributed by atoms with E-state index in [-0.39, 0.29) is 12.2 Å². The molecule has 0 aromatic rings. The van der Waals surface area contributed by atoms with Crippen molar-refractivity contribution < 1.29 is 14.3 Å². The number of aliphatic hydroxyl groups excluding tert-OH is 1. The van der Waals surface area contributed by atoms with Gasteiger partial charge in [0.25, 0.3) is 0 Å². The lowest BCUT2D eigenvalue weighted by Crippen LogP contribution is -2.51.